The molecule has 0 aromatic heterocycles. The van der Waals surface area contributed by atoms with Crippen molar-refractivity contribution in [1.82, 2.24) is 0 Å². The van der Waals surface area contributed by atoms with Gasteiger partial charge in [-0.1, -0.05) is 12.1 Å². The number of nitriles is 1. The van der Waals surface area contributed by atoms with E-state index in [2.05, 4.69) is 5.32 Å². The molecule has 0 spiro atoms. The molecule has 2 aromatic rings. The van der Waals surface area contributed by atoms with Gasteiger partial charge < -0.3 is 15.8 Å². The molecule has 0 unspecified atom stereocenters. The second-order valence-electron chi connectivity index (χ2n) is 4.41. The Labute approximate surface area is 123 Å². The first kappa shape index (κ1) is 14.4. The van der Waals surface area contributed by atoms with Crippen molar-refractivity contribution in [3.8, 4) is 11.8 Å². The van der Waals surface area contributed by atoms with Crippen molar-refractivity contribution >= 4 is 17.3 Å². The number of nitrogens with two attached hydrogens (primary N) is 1. The highest BCUT2D eigenvalue weighted by Crippen LogP contribution is 2.15. The predicted octanol–water partition coefficient (Wildman–Crippen LogP) is 2.55. The van der Waals surface area contributed by atoms with Crippen LogP contribution in [0, 0.1) is 11.3 Å². The van der Waals surface area contributed by atoms with E-state index in [0.717, 1.165) is 0 Å². The minimum atomic E-state index is -0.172. The number of nitrogens with zero attached hydrogens (tertiary/aromatic N) is 1. The fourth-order valence-electron chi connectivity index (χ4n) is 1.76. The zero-order chi connectivity index (χ0) is 15.1. The van der Waals surface area contributed by atoms with Crippen molar-refractivity contribution in [2.24, 2.45) is 0 Å². The molecule has 106 valence electrons. The molecule has 5 nitrogen and oxygen atoms in total. The molecule has 21 heavy (non-hydrogen) atoms. The van der Waals surface area contributed by atoms with E-state index in [1.165, 1.54) is 0 Å². The van der Waals surface area contributed by atoms with Crippen LogP contribution in [0.5, 0.6) is 5.75 Å². The van der Waals surface area contributed by atoms with Gasteiger partial charge in [0.05, 0.1) is 24.7 Å². The molecule has 0 saturated carbocycles. The van der Waals surface area contributed by atoms with Crippen LogP contribution in [0.25, 0.3) is 0 Å². The van der Waals surface area contributed by atoms with Crippen molar-refractivity contribution < 1.29 is 9.53 Å². The summed E-state index contributed by atoms with van der Waals surface area (Å²) in [6, 6.07) is 15.8. The SMILES string of the molecule is N#Cc1cccc(NC(=O)CCOc2cccc(N)c2)c1. The number of nitrogen functional groups attached to an aromatic ring is 1. The van der Waals surface area contributed by atoms with E-state index in [-0.39, 0.29) is 18.9 Å². The number of amides is 1. The lowest BCUT2D eigenvalue weighted by Crippen LogP contribution is -2.15. The fraction of sp³-hybridized carbons (Fsp3) is 0.125. The second-order valence-corrected chi connectivity index (χ2v) is 4.41. The van der Waals surface area contributed by atoms with E-state index in [1.807, 2.05) is 6.07 Å². The Morgan fingerprint density at radius 3 is 2.81 bits per heavy atom. The molecule has 2 aromatic carbocycles. The number of benzene rings is 2. The van der Waals surface area contributed by atoms with Gasteiger partial charge in [-0.05, 0) is 30.3 Å². The monoisotopic (exact) mass is 281 g/mol. The van der Waals surface area contributed by atoms with Gasteiger partial charge in [0.25, 0.3) is 0 Å². The molecule has 0 aliphatic carbocycles. The number of anilines is 2. The third kappa shape index (κ3) is 4.55. The Balaban J connectivity index is 1.81. The number of ether oxygens (including phenoxy) is 1. The second kappa shape index (κ2) is 6.96. The van der Waals surface area contributed by atoms with E-state index in [4.69, 9.17) is 15.7 Å². The van der Waals surface area contributed by atoms with Crippen molar-refractivity contribution in [1.29, 1.82) is 5.26 Å². The Morgan fingerprint density at radius 1 is 1.24 bits per heavy atom. The molecular formula is C16H15N3O2. The fourth-order valence-corrected chi connectivity index (χ4v) is 1.76. The Bertz CT molecular complexity index is 677. The highest BCUT2D eigenvalue weighted by molar-refractivity contribution is 5.90. The molecule has 0 atom stereocenters. The zero-order valence-corrected chi connectivity index (χ0v) is 11.4. The summed E-state index contributed by atoms with van der Waals surface area (Å²) in [5.74, 6) is 0.461. The van der Waals surface area contributed by atoms with Crippen LogP contribution < -0.4 is 15.8 Å². The van der Waals surface area contributed by atoms with Crippen LogP contribution in [0.3, 0.4) is 0 Å². The number of nitrogens with one attached hydrogen (secondary N) is 1. The van der Waals surface area contributed by atoms with Gasteiger partial charge >= 0.3 is 0 Å². The summed E-state index contributed by atoms with van der Waals surface area (Å²) in [5.41, 5.74) is 7.35. The van der Waals surface area contributed by atoms with Crippen LogP contribution in [0.2, 0.25) is 0 Å². The summed E-state index contributed by atoms with van der Waals surface area (Å²) in [6.45, 7) is 0.257. The van der Waals surface area contributed by atoms with E-state index in [1.54, 1.807) is 48.5 Å². The Kier molecular flexibility index (Phi) is 4.78. The number of carbonyl (C=O) groups is 1. The Morgan fingerprint density at radius 2 is 2.05 bits per heavy atom. The van der Waals surface area contributed by atoms with E-state index < -0.39 is 0 Å². The maximum atomic E-state index is 11.8. The van der Waals surface area contributed by atoms with Crippen molar-refractivity contribution in [3.05, 3.63) is 54.1 Å². The number of carbonyl (C=O) groups excluding carboxylic acids is 1. The quantitative estimate of drug-likeness (QED) is 0.824. The molecule has 0 saturated heterocycles. The maximum Gasteiger partial charge on any atom is 0.227 e. The molecule has 0 bridgehead atoms. The highest BCUT2D eigenvalue weighted by atomic mass is 16.5. The van der Waals surface area contributed by atoms with E-state index in [0.29, 0.717) is 22.7 Å². The van der Waals surface area contributed by atoms with Gasteiger partial charge in [-0.3, -0.25) is 4.79 Å². The number of hydrogen-bond donors (Lipinski definition) is 2. The standard InChI is InChI=1S/C16H15N3O2/c17-11-12-3-1-5-14(9-12)19-16(20)7-8-21-15-6-2-4-13(18)10-15/h1-6,9-10H,7-8,18H2,(H,19,20). The Hall–Kier alpha value is -3.00. The summed E-state index contributed by atoms with van der Waals surface area (Å²) in [4.78, 5) is 11.8. The largest absolute Gasteiger partial charge is 0.493 e. The first-order valence-corrected chi connectivity index (χ1v) is 6.46. The lowest BCUT2D eigenvalue weighted by molar-refractivity contribution is -0.116. The number of hydrogen-bond acceptors (Lipinski definition) is 4. The molecule has 0 aliphatic rings. The third-order valence-corrected chi connectivity index (χ3v) is 2.73. The predicted molar refractivity (Wildman–Crippen MR) is 80.8 cm³/mol. The molecule has 0 aliphatic heterocycles. The van der Waals surface area contributed by atoms with Gasteiger partial charge in [0, 0.05) is 17.4 Å². The molecule has 0 heterocycles. The highest BCUT2D eigenvalue weighted by Gasteiger charge is 2.04. The van der Waals surface area contributed by atoms with Crippen molar-refractivity contribution in [3.63, 3.8) is 0 Å². The van der Waals surface area contributed by atoms with Gasteiger partial charge in [0.2, 0.25) is 5.91 Å². The van der Waals surface area contributed by atoms with Gasteiger partial charge in [-0.15, -0.1) is 0 Å². The van der Waals surface area contributed by atoms with Crippen LogP contribution in [0.1, 0.15) is 12.0 Å². The zero-order valence-electron chi connectivity index (χ0n) is 11.4. The molecule has 0 radical (unpaired) electrons. The van der Waals surface area contributed by atoms with Crippen LogP contribution >= 0.6 is 0 Å². The molecule has 1 amide bonds. The van der Waals surface area contributed by atoms with Gasteiger partial charge in [-0.2, -0.15) is 5.26 Å². The molecule has 0 fully saturated rings. The topological polar surface area (TPSA) is 88.1 Å². The normalized spacial score (nSPS) is 9.67. The van der Waals surface area contributed by atoms with E-state index >= 15 is 0 Å². The van der Waals surface area contributed by atoms with Crippen LogP contribution in [0.15, 0.2) is 48.5 Å². The van der Waals surface area contributed by atoms with Gasteiger partial charge in [0.1, 0.15) is 5.75 Å². The minimum Gasteiger partial charge on any atom is -0.493 e. The first-order chi connectivity index (χ1) is 10.2. The molecule has 5 heteroatoms. The lowest BCUT2D eigenvalue weighted by Gasteiger charge is -2.08. The smallest absolute Gasteiger partial charge is 0.227 e. The summed E-state index contributed by atoms with van der Waals surface area (Å²) in [5, 5.41) is 11.5. The molecular weight excluding hydrogens is 266 g/mol. The van der Waals surface area contributed by atoms with Crippen molar-refractivity contribution in [2.45, 2.75) is 6.42 Å². The van der Waals surface area contributed by atoms with Gasteiger partial charge in [0.15, 0.2) is 0 Å². The summed E-state index contributed by atoms with van der Waals surface area (Å²) in [7, 11) is 0. The third-order valence-electron chi connectivity index (χ3n) is 2.73. The molecule has 2 rings (SSSR count). The van der Waals surface area contributed by atoms with Crippen molar-refractivity contribution in [2.75, 3.05) is 17.7 Å². The van der Waals surface area contributed by atoms with Crippen LogP contribution in [0.4, 0.5) is 11.4 Å². The average Bonchev–Trinajstić information content (AvgIpc) is 2.47. The summed E-state index contributed by atoms with van der Waals surface area (Å²) in [6.07, 6.45) is 0.214. The van der Waals surface area contributed by atoms with Crippen LogP contribution in [-0.2, 0) is 4.79 Å². The minimum absolute atomic E-state index is 0.172. The molecule has 3 N–H and O–H groups in total. The lowest BCUT2D eigenvalue weighted by atomic mass is 10.2. The summed E-state index contributed by atoms with van der Waals surface area (Å²) < 4.78 is 5.45. The maximum absolute atomic E-state index is 11.8. The van der Waals surface area contributed by atoms with Gasteiger partial charge in [-0.25, -0.2) is 0 Å². The van der Waals surface area contributed by atoms with E-state index in [9.17, 15) is 4.79 Å². The number of rotatable bonds is 5. The summed E-state index contributed by atoms with van der Waals surface area (Å²) >= 11 is 0. The average molecular weight is 281 g/mol. The first-order valence-electron chi connectivity index (χ1n) is 6.46. The van der Waals surface area contributed by atoms with Crippen LogP contribution in [-0.4, -0.2) is 12.5 Å².